The molecule has 0 aliphatic heterocycles. The maximum absolute atomic E-state index is 12.9. The van der Waals surface area contributed by atoms with Gasteiger partial charge in [-0.15, -0.1) is 0 Å². The number of hydrogen-bond donors (Lipinski definition) is 0. The van der Waals surface area contributed by atoms with E-state index in [-0.39, 0.29) is 39.3 Å². The van der Waals surface area contributed by atoms with Gasteiger partial charge in [-0.05, 0) is 42.5 Å². The van der Waals surface area contributed by atoms with Gasteiger partial charge < -0.3 is 9.47 Å². The molecule has 4 nitrogen and oxygen atoms in total. The van der Waals surface area contributed by atoms with Crippen LogP contribution in [-0.2, 0) is 16.6 Å². The number of alkyl halides is 3. The van der Waals surface area contributed by atoms with Crippen LogP contribution in [0.3, 0.4) is 0 Å². The molecule has 0 radical (unpaired) electrons. The molecular weight excluding hydrogens is 514 g/mol. The van der Waals surface area contributed by atoms with Gasteiger partial charge in [0.05, 0.1) is 15.6 Å². The first-order chi connectivity index (χ1) is 16.0. The first-order valence-electron chi connectivity index (χ1n) is 9.74. The molecule has 0 N–H and O–H groups in total. The number of carbonyl (C=O) groups excluding carboxylic acids is 1. The minimum Gasteiger partial charge on any atom is -0.461 e. The van der Waals surface area contributed by atoms with Gasteiger partial charge in [-0.1, -0.05) is 53.9 Å². The van der Waals surface area contributed by atoms with Crippen LogP contribution in [0.4, 0.5) is 13.2 Å². The molecule has 0 aromatic heterocycles. The van der Waals surface area contributed by atoms with Crippen LogP contribution < -0.4 is 9.47 Å². The average Bonchev–Trinajstić information content (AvgIpc) is 2.78. The van der Waals surface area contributed by atoms with Crippen LogP contribution in [0.2, 0.25) is 15.1 Å². The smallest absolute Gasteiger partial charge is 0.416 e. The molecule has 0 bridgehead atoms. The van der Waals surface area contributed by atoms with Crippen molar-refractivity contribution < 1.29 is 27.4 Å². The average molecular weight is 529 g/mol. The highest BCUT2D eigenvalue weighted by Gasteiger charge is 2.44. The van der Waals surface area contributed by atoms with Crippen molar-refractivity contribution >= 4 is 40.6 Å². The lowest BCUT2D eigenvalue weighted by Gasteiger charge is -2.27. The Morgan fingerprint density at radius 1 is 0.971 bits per heavy atom. The Balaban J connectivity index is 1.96. The number of carbonyl (C=O) groups is 1. The second-order valence-corrected chi connectivity index (χ2v) is 8.27. The fourth-order valence-electron chi connectivity index (χ4n) is 3.10. The van der Waals surface area contributed by atoms with Gasteiger partial charge in [-0.25, -0.2) is 0 Å². The quantitative estimate of drug-likeness (QED) is 0.310. The Hall–Kier alpha value is -2.92. The molecule has 0 heterocycles. The van der Waals surface area contributed by atoms with Gasteiger partial charge in [-0.2, -0.15) is 18.4 Å². The Kier molecular flexibility index (Phi) is 7.67. The van der Waals surface area contributed by atoms with E-state index in [1.165, 1.54) is 42.5 Å². The molecular formula is C24H15Cl3F3NO3. The lowest BCUT2D eigenvalue weighted by Crippen LogP contribution is -2.40. The molecule has 34 heavy (non-hydrogen) atoms. The summed E-state index contributed by atoms with van der Waals surface area (Å²) in [6, 6.07) is 14.8. The number of hydrogen-bond acceptors (Lipinski definition) is 4. The van der Waals surface area contributed by atoms with Crippen molar-refractivity contribution in [2.75, 3.05) is 0 Å². The zero-order chi connectivity index (χ0) is 25.1. The number of ketones is 1. The summed E-state index contributed by atoms with van der Waals surface area (Å²) in [4.78, 5) is 12.9. The lowest BCUT2D eigenvalue weighted by atomic mass is 9.89. The van der Waals surface area contributed by atoms with Gasteiger partial charge in [0.2, 0.25) is 0 Å². The fourth-order valence-corrected chi connectivity index (χ4v) is 3.86. The van der Waals surface area contributed by atoms with E-state index in [0.717, 1.165) is 18.2 Å². The molecule has 3 aromatic carbocycles. The highest BCUT2D eigenvalue weighted by atomic mass is 35.5. The number of benzene rings is 3. The number of ether oxygens (including phenoxy) is 2. The maximum Gasteiger partial charge on any atom is 0.416 e. The van der Waals surface area contributed by atoms with Crippen LogP contribution >= 0.6 is 34.8 Å². The molecule has 176 valence electrons. The van der Waals surface area contributed by atoms with Gasteiger partial charge in [0.15, 0.2) is 5.78 Å². The second kappa shape index (κ2) is 10.1. The third-order valence-electron chi connectivity index (χ3n) is 4.75. The van der Waals surface area contributed by atoms with Gasteiger partial charge in [0, 0.05) is 23.1 Å². The Morgan fingerprint density at radius 3 is 2.26 bits per heavy atom. The van der Waals surface area contributed by atoms with Gasteiger partial charge in [-0.3, -0.25) is 4.79 Å². The van der Waals surface area contributed by atoms with E-state index in [4.69, 9.17) is 44.3 Å². The second-order valence-electron chi connectivity index (χ2n) is 7.02. The predicted octanol–water partition coefficient (Wildman–Crippen LogP) is 8.23. The predicted molar refractivity (Wildman–Crippen MR) is 123 cm³/mol. The normalized spacial score (nSPS) is 13.0. The van der Waals surface area contributed by atoms with Crippen molar-refractivity contribution in [3.8, 4) is 23.3 Å². The minimum absolute atomic E-state index is 0.0239. The summed E-state index contributed by atoms with van der Waals surface area (Å²) >= 11 is 18.2. The summed E-state index contributed by atoms with van der Waals surface area (Å²) in [6.07, 6.45) is -4.57. The molecule has 0 saturated carbocycles. The molecule has 0 spiro atoms. The van der Waals surface area contributed by atoms with Gasteiger partial charge >= 0.3 is 6.18 Å². The molecule has 1 unspecified atom stereocenters. The molecule has 3 rings (SSSR count). The van der Waals surface area contributed by atoms with E-state index in [9.17, 15) is 23.2 Å². The summed E-state index contributed by atoms with van der Waals surface area (Å²) < 4.78 is 50.1. The molecule has 0 aliphatic rings. The Bertz CT molecular complexity index is 1270. The van der Waals surface area contributed by atoms with Crippen LogP contribution in [-0.4, -0.2) is 5.78 Å². The SMILES string of the molecule is CCC(=O)C(C#N)(Oc1cccc(Oc2ccc(C(F)(F)F)cc2Cl)c1)c1ccc(Cl)cc1Cl. The lowest BCUT2D eigenvalue weighted by molar-refractivity contribution is -0.137. The van der Waals surface area contributed by atoms with Crippen molar-refractivity contribution in [2.45, 2.75) is 25.1 Å². The van der Waals surface area contributed by atoms with Crippen LogP contribution in [0.1, 0.15) is 24.5 Å². The summed E-state index contributed by atoms with van der Waals surface area (Å²) in [5, 5.41) is 10.1. The highest BCUT2D eigenvalue weighted by molar-refractivity contribution is 6.35. The number of nitriles is 1. The van der Waals surface area contributed by atoms with Crippen molar-refractivity contribution in [1.82, 2.24) is 0 Å². The van der Waals surface area contributed by atoms with E-state index in [0.29, 0.717) is 5.02 Å². The summed E-state index contributed by atoms with van der Waals surface area (Å²) in [5.74, 6) is -0.341. The zero-order valence-electron chi connectivity index (χ0n) is 17.4. The van der Waals surface area contributed by atoms with Gasteiger partial charge in [0.25, 0.3) is 5.60 Å². The first-order valence-corrected chi connectivity index (χ1v) is 10.9. The third-order valence-corrected chi connectivity index (χ3v) is 5.59. The fraction of sp³-hybridized carbons (Fsp3) is 0.167. The largest absolute Gasteiger partial charge is 0.461 e. The summed E-state index contributed by atoms with van der Waals surface area (Å²) in [7, 11) is 0. The van der Waals surface area contributed by atoms with E-state index < -0.39 is 23.1 Å². The molecule has 10 heteroatoms. The highest BCUT2D eigenvalue weighted by Crippen LogP contribution is 2.39. The first kappa shape index (κ1) is 25.7. The van der Waals surface area contributed by atoms with Crippen molar-refractivity contribution in [3.63, 3.8) is 0 Å². The maximum atomic E-state index is 12.9. The third kappa shape index (κ3) is 5.41. The molecule has 0 aliphatic carbocycles. The standard InChI is InChI=1S/C24H15Cl3F3NO3/c1-2-22(32)23(13-31,18-8-7-15(25)11-19(18)26)34-17-5-3-4-16(12-17)33-21-9-6-14(10-20(21)27)24(28,29)30/h3-12H,2H2,1H3. The van der Waals surface area contributed by atoms with Crippen LogP contribution in [0.25, 0.3) is 0 Å². The molecule has 1 atom stereocenters. The molecule has 0 fully saturated rings. The molecule has 0 amide bonds. The zero-order valence-corrected chi connectivity index (χ0v) is 19.7. The van der Waals surface area contributed by atoms with E-state index >= 15 is 0 Å². The van der Waals surface area contributed by atoms with Crippen LogP contribution in [0.5, 0.6) is 17.2 Å². The van der Waals surface area contributed by atoms with Crippen molar-refractivity contribution in [2.24, 2.45) is 0 Å². The summed E-state index contributed by atoms with van der Waals surface area (Å²) in [6.45, 7) is 1.58. The van der Waals surface area contributed by atoms with Crippen molar-refractivity contribution in [1.29, 1.82) is 5.26 Å². The minimum atomic E-state index is -4.55. The van der Waals surface area contributed by atoms with E-state index in [1.54, 1.807) is 6.92 Å². The van der Waals surface area contributed by atoms with Gasteiger partial charge in [0.1, 0.15) is 23.3 Å². The summed E-state index contributed by atoms with van der Waals surface area (Å²) in [5.41, 5.74) is -2.87. The number of nitrogens with zero attached hydrogens (tertiary/aromatic N) is 1. The molecule has 3 aromatic rings. The van der Waals surface area contributed by atoms with Crippen LogP contribution in [0.15, 0.2) is 60.7 Å². The number of rotatable bonds is 7. The van der Waals surface area contributed by atoms with Crippen LogP contribution in [0, 0.1) is 11.3 Å². The van der Waals surface area contributed by atoms with E-state index in [1.807, 2.05) is 6.07 Å². The Labute approximate surface area is 208 Å². The Morgan fingerprint density at radius 2 is 1.68 bits per heavy atom. The topological polar surface area (TPSA) is 59.3 Å². The molecule has 0 saturated heterocycles. The number of Topliss-reactive ketones (excluding diaryl/α,β-unsaturated/α-hetero) is 1. The van der Waals surface area contributed by atoms with Crippen molar-refractivity contribution in [3.05, 3.63) is 86.9 Å². The van der Waals surface area contributed by atoms with E-state index in [2.05, 4.69) is 0 Å². The number of halogens is 6. The monoisotopic (exact) mass is 527 g/mol.